The van der Waals surface area contributed by atoms with E-state index in [1.807, 2.05) is 0 Å². The summed E-state index contributed by atoms with van der Waals surface area (Å²) in [5.41, 5.74) is 2.17. The minimum atomic E-state index is -3.60. The van der Waals surface area contributed by atoms with Gasteiger partial charge in [-0.25, -0.2) is 18.4 Å². The van der Waals surface area contributed by atoms with E-state index in [1.54, 1.807) is 48.5 Å². The largest absolute Gasteiger partial charge is 0.419 e. The van der Waals surface area contributed by atoms with E-state index in [2.05, 4.69) is 5.32 Å². The van der Waals surface area contributed by atoms with Crippen molar-refractivity contribution in [2.24, 2.45) is 5.14 Å². The number of nitrogens with zero attached hydrogens (tertiary/aromatic N) is 1. The first-order valence-electron chi connectivity index (χ1n) is 7.79. The number of aryl methyl sites for hydroxylation is 1. The Morgan fingerprint density at radius 1 is 1.12 bits per heavy atom. The molecule has 136 valence electrons. The lowest BCUT2D eigenvalue weighted by molar-refractivity contribution is -0.116. The Balaban J connectivity index is 1.62. The monoisotopic (exact) mass is 375 g/mol. The lowest BCUT2D eigenvalue weighted by Crippen LogP contribution is -2.19. The molecule has 0 saturated carbocycles. The zero-order valence-corrected chi connectivity index (χ0v) is 14.5. The van der Waals surface area contributed by atoms with Gasteiger partial charge in [-0.1, -0.05) is 24.3 Å². The van der Waals surface area contributed by atoms with Gasteiger partial charge in [-0.05, 0) is 29.8 Å². The molecule has 0 saturated heterocycles. The molecule has 0 aliphatic rings. The molecule has 8 nitrogen and oxygen atoms in total. The molecule has 0 aliphatic carbocycles. The normalized spacial score (nSPS) is 11.6. The zero-order valence-electron chi connectivity index (χ0n) is 13.7. The third-order valence-corrected chi connectivity index (χ3v) is 4.48. The number of para-hydroxylation sites is 2. The van der Waals surface area contributed by atoms with E-state index in [-0.39, 0.29) is 24.6 Å². The number of benzene rings is 2. The lowest BCUT2D eigenvalue weighted by Gasteiger charge is -2.07. The van der Waals surface area contributed by atoms with Crippen LogP contribution in [0.4, 0.5) is 5.69 Å². The van der Waals surface area contributed by atoms with Gasteiger partial charge in [0.1, 0.15) is 0 Å². The Morgan fingerprint density at radius 2 is 1.81 bits per heavy atom. The molecule has 9 heteroatoms. The smallest absolute Gasteiger partial charge is 0.408 e. The van der Waals surface area contributed by atoms with E-state index >= 15 is 0 Å². The second kappa shape index (κ2) is 7.14. The summed E-state index contributed by atoms with van der Waals surface area (Å²) in [6.07, 6.45) is 0.0857. The fourth-order valence-electron chi connectivity index (χ4n) is 2.58. The highest BCUT2D eigenvalue weighted by Crippen LogP contribution is 2.14. The molecule has 1 amide bonds. The van der Waals surface area contributed by atoms with Gasteiger partial charge in [0.05, 0.1) is 11.3 Å². The molecule has 0 bridgehead atoms. The molecule has 1 heterocycles. The van der Waals surface area contributed by atoms with Crippen LogP contribution in [0.1, 0.15) is 12.0 Å². The Hall–Kier alpha value is -2.91. The average Bonchev–Trinajstić information content (AvgIpc) is 2.89. The van der Waals surface area contributed by atoms with Crippen LogP contribution in [0.5, 0.6) is 0 Å². The van der Waals surface area contributed by atoms with Crippen LogP contribution in [-0.2, 0) is 27.1 Å². The van der Waals surface area contributed by atoms with E-state index in [0.29, 0.717) is 22.4 Å². The molecule has 2 aromatic carbocycles. The molecular weight excluding hydrogens is 358 g/mol. The topological polar surface area (TPSA) is 124 Å². The van der Waals surface area contributed by atoms with Crippen molar-refractivity contribution in [3.8, 4) is 0 Å². The summed E-state index contributed by atoms with van der Waals surface area (Å²) in [6.45, 7) is 0.186. The number of hydrogen-bond acceptors (Lipinski definition) is 5. The predicted molar refractivity (Wildman–Crippen MR) is 97.0 cm³/mol. The first-order valence-corrected chi connectivity index (χ1v) is 9.51. The first kappa shape index (κ1) is 17.9. The van der Waals surface area contributed by atoms with Crippen molar-refractivity contribution in [2.75, 3.05) is 5.32 Å². The first-order chi connectivity index (χ1) is 12.3. The van der Waals surface area contributed by atoms with E-state index in [1.165, 1.54) is 4.57 Å². The van der Waals surface area contributed by atoms with Gasteiger partial charge in [-0.15, -0.1) is 0 Å². The van der Waals surface area contributed by atoms with Crippen LogP contribution in [0.25, 0.3) is 11.1 Å². The van der Waals surface area contributed by atoms with Gasteiger partial charge < -0.3 is 9.73 Å². The van der Waals surface area contributed by atoms with Gasteiger partial charge >= 0.3 is 5.76 Å². The van der Waals surface area contributed by atoms with Crippen LogP contribution < -0.4 is 16.2 Å². The molecular formula is C17H17N3O5S. The lowest BCUT2D eigenvalue weighted by atomic mass is 10.2. The van der Waals surface area contributed by atoms with Crippen molar-refractivity contribution in [3.63, 3.8) is 0 Å². The Morgan fingerprint density at radius 3 is 2.50 bits per heavy atom. The van der Waals surface area contributed by atoms with Crippen molar-refractivity contribution in [1.29, 1.82) is 0 Å². The van der Waals surface area contributed by atoms with Gasteiger partial charge in [0.25, 0.3) is 0 Å². The highest BCUT2D eigenvalue weighted by atomic mass is 32.2. The minimum absolute atomic E-state index is 0.0857. The fraction of sp³-hybridized carbons (Fsp3) is 0.176. The highest BCUT2D eigenvalue weighted by Gasteiger charge is 2.11. The van der Waals surface area contributed by atoms with Crippen molar-refractivity contribution in [1.82, 2.24) is 4.57 Å². The molecule has 0 fully saturated rings. The molecule has 3 N–H and O–H groups in total. The van der Waals surface area contributed by atoms with Gasteiger partial charge in [-0.2, -0.15) is 0 Å². The molecule has 1 aromatic heterocycles. The number of anilines is 1. The third kappa shape index (κ3) is 4.38. The number of fused-ring (bicyclic) bond motifs is 1. The van der Waals surface area contributed by atoms with Crippen molar-refractivity contribution < 1.29 is 17.6 Å². The summed E-state index contributed by atoms with van der Waals surface area (Å²) < 4.78 is 28.6. The summed E-state index contributed by atoms with van der Waals surface area (Å²) in [5, 5.41) is 7.69. The minimum Gasteiger partial charge on any atom is -0.408 e. The van der Waals surface area contributed by atoms with Crippen LogP contribution >= 0.6 is 0 Å². The number of sulfonamides is 1. The molecule has 0 radical (unpaired) electrons. The van der Waals surface area contributed by atoms with Gasteiger partial charge in [0.2, 0.25) is 15.9 Å². The molecule has 26 heavy (non-hydrogen) atoms. The highest BCUT2D eigenvalue weighted by molar-refractivity contribution is 7.88. The third-order valence-electron chi connectivity index (χ3n) is 3.74. The maximum atomic E-state index is 12.1. The molecule has 0 spiro atoms. The van der Waals surface area contributed by atoms with Crippen LogP contribution in [0.2, 0.25) is 0 Å². The fourth-order valence-corrected chi connectivity index (χ4v) is 3.24. The number of primary sulfonamides is 1. The zero-order chi connectivity index (χ0) is 18.7. The summed E-state index contributed by atoms with van der Waals surface area (Å²) in [4.78, 5) is 24.0. The van der Waals surface area contributed by atoms with Crippen molar-refractivity contribution >= 4 is 32.7 Å². The second-order valence-electron chi connectivity index (χ2n) is 5.79. The second-order valence-corrected chi connectivity index (χ2v) is 7.40. The van der Waals surface area contributed by atoms with Crippen LogP contribution in [-0.4, -0.2) is 18.9 Å². The molecule has 3 rings (SSSR count). The number of carbonyl (C=O) groups excluding carboxylic acids is 1. The van der Waals surface area contributed by atoms with Crippen LogP contribution in [0, 0.1) is 0 Å². The maximum Gasteiger partial charge on any atom is 0.419 e. The van der Waals surface area contributed by atoms with Gasteiger partial charge in [-0.3, -0.25) is 9.36 Å². The molecule has 0 unspecified atom stereocenters. The Kier molecular flexibility index (Phi) is 4.92. The number of rotatable bonds is 6. The molecule has 3 aromatic rings. The van der Waals surface area contributed by atoms with E-state index in [9.17, 15) is 18.0 Å². The quantitative estimate of drug-likeness (QED) is 0.674. The number of nitrogens with two attached hydrogens (primary N) is 1. The summed E-state index contributed by atoms with van der Waals surface area (Å²) in [7, 11) is -3.60. The number of aromatic nitrogens is 1. The van der Waals surface area contributed by atoms with E-state index in [0.717, 1.165) is 0 Å². The van der Waals surface area contributed by atoms with Crippen molar-refractivity contribution in [3.05, 3.63) is 64.6 Å². The number of amides is 1. The van der Waals surface area contributed by atoms with Crippen LogP contribution in [0.15, 0.2) is 57.7 Å². The van der Waals surface area contributed by atoms with Crippen LogP contribution in [0.3, 0.4) is 0 Å². The summed E-state index contributed by atoms with van der Waals surface area (Å²) in [5.74, 6) is -1.05. The predicted octanol–water partition coefficient (Wildman–Crippen LogP) is 1.41. The molecule has 0 aliphatic heterocycles. The standard InChI is InChI=1S/C17H17N3O5S/c18-26(23,24)11-12-5-7-13(8-6-12)19-16(21)9-10-20-14-3-1-2-4-15(14)25-17(20)22/h1-8H,9-11H2,(H,19,21)(H2,18,23,24). The number of nitrogens with one attached hydrogen (secondary N) is 1. The maximum absolute atomic E-state index is 12.1. The summed E-state index contributed by atoms with van der Waals surface area (Å²) >= 11 is 0. The van der Waals surface area contributed by atoms with Gasteiger partial charge in [0, 0.05) is 18.7 Å². The van der Waals surface area contributed by atoms with E-state index in [4.69, 9.17) is 9.56 Å². The number of carbonyl (C=O) groups is 1. The molecule has 0 atom stereocenters. The Bertz CT molecular complexity index is 1100. The SMILES string of the molecule is NS(=O)(=O)Cc1ccc(NC(=O)CCn2c(=O)oc3ccccc32)cc1. The number of hydrogen-bond donors (Lipinski definition) is 2. The van der Waals surface area contributed by atoms with Gasteiger partial charge in [0.15, 0.2) is 5.58 Å². The van der Waals surface area contributed by atoms with E-state index < -0.39 is 15.8 Å². The van der Waals surface area contributed by atoms with Crippen molar-refractivity contribution in [2.45, 2.75) is 18.7 Å². The summed E-state index contributed by atoms with van der Waals surface area (Å²) in [6, 6.07) is 13.3. The average molecular weight is 375 g/mol. The number of oxazole rings is 1. The Labute approximate surface area is 149 Å².